The average Bonchev–Trinajstić information content (AvgIpc) is 2.65. The number of pyridine rings is 1. The smallest absolute Gasteiger partial charge is 0.339 e. The summed E-state index contributed by atoms with van der Waals surface area (Å²) >= 11 is 0. The number of amides is 1. The zero-order valence-electron chi connectivity index (χ0n) is 15.9. The zero-order valence-corrected chi connectivity index (χ0v) is 15.9. The summed E-state index contributed by atoms with van der Waals surface area (Å²) in [5, 5.41) is 9.50. The highest BCUT2D eigenvalue weighted by atomic mass is 16.5. The van der Waals surface area contributed by atoms with E-state index in [-0.39, 0.29) is 5.91 Å². The van der Waals surface area contributed by atoms with Gasteiger partial charge in [0.05, 0.1) is 23.9 Å². The lowest BCUT2D eigenvalue weighted by molar-refractivity contribution is -0.129. The fourth-order valence-corrected chi connectivity index (χ4v) is 3.28. The van der Waals surface area contributed by atoms with Crippen LogP contribution in [0.1, 0.15) is 47.3 Å². The number of hydrogen-bond acceptors (Lipinski definition) is 6. The molecule has 1 aliphatic heterocycles. The molecule has 2 rings (SSSR count). The first kappa shape index (κ1) is 19.7. The highest BCUT2D eigenvalue weighted by molar-refractivity contribution is 5.91. The molecule has 1 aromatic rings. The second-order valence-electron chi connectivity index (χ2n) is 6.88. The van der Waals surface area contributed by atoms with Crippen LogP contribution in [0.5, 0.6) is 0 Å². The number of piperidine rings is 1. The monoisotopic (exact) mass is 358 g/mol. The molecule has 1 aliphatic rings. The van der Waals surface area contributed by atoms with E-state index in [4.69, 9.17) is 4.74 Å². The summed E-state index contributed by atoms with van der Waals surface area (Å²) in [6.45, 7) is 3.32. The van der Waals surface area contributed by atoms with Crippen molar-refractivity contribution in [2.24, 2.45) is 5.92 Å². The number of nitriles is 1. The average molecular weight is 358 g/mol. The summed E-state index contributed by atoms with van der Waals surface area (Å²) in [5.41, 5.74) is 1.25. The van der Waals surface area contributed by atoms with Crippen LogP contribution >= 0.6 is 0 Å². The van der Waals surface area contributed by atoms with Gasteiger partial charge in [0.15, 0.2) is 0 Å². The van der Waals surface area contributed by atoms with Crippen molar-refractivity contribution in [1.29, 1.82) is 5.26 Å². The minimum Gasteiger partial charge on any atom is -0.465 e. The Labute approximate surface area is 154 Å². The van der Waals surface area contributed by atoms with Crippen LogP contribution in [0.2, 0.25) is 0 Å². The van der Waals surface area contributed by atoms with E-state index in [1.54, 1.807) is 32.0 Å². The first-order chi connectivity index (χ1) is 12.4. The maximum absolute atomic E-state index is 11.8. The van der Waals surface area contributed by atoms with Crippen LogP contribution in [0.15, 0.2) is 6.07 Å². The van der Waals surface area contributed by atoms with Crippen LogP contribution in [0.3, 0.4) is 0 Å². The molecule has 1 aromatic heterocycles. The fourth-order valence-electron chi connectivity index (χ4n) is 3.28. The van der Waals surface area contributed by atoms with Crippen molar-refractivity contribution in [2.75, 3.05) is 39.2 Å². The number of nitrogens with zero attached hydrogens (tertiary/aromatic N) is 4. The molecule has 1 amide bonds. The maximum Gasteiger partial charge on any atom is 0.339 e. The molecule has 7 nitrogen and oxygen atoms in total. The SMILES string of the molecule is COC(=O)c1cc(C#N)c(N2CCC[C@H](CCC(=O)N(C)C)C2)nc1C. The summed E-state index contributed by atoms with van der Waals surface area (Å²) < 4.78 is 4.75. The molecule has 0 saturated carbocycles. The molecule has 26 heavy (non-hydrogen) atoms. The molecule has 1 atom stereocenters. The van der Waals surface area contributed by atoms with E-state index >= 15 is 0 Å². The molecule has 0 spiro atoms. The lowest BCUT2D eigenvalue weighted by Gasteiger charge is -2.34. The van der Waals surface area contributed by atoms with Crippen LogP contribution in [0.25, 0.3) is 0 Å². The lowest BCUT2D eigenvalue weighted by Crippen LogP contribution is -2.37. The van der Waals surface area contributed by atoms with Gasteiger partial charge in [0.2, 0.25) is 5.91 Å². The normalized spacial score (nSPS) is 16.7. The Balaban J connectivity index is 2.17. The van der Waals surface area contributed by atoms with Crippen LogP contribution in [0, 0.1) is 24.2 Å². The number of ether oxygens (including phenoxy) is 1. The molecule has 0 unspecified atom stereocenters. The Morgan fingerprint density at radius 2 is 2.19 bits per heavy atom. The third kappa shape index (κ3) is 4.51. The van der Waals surface area contributed by atoms with E-state index in [1.807, 2.05) is 0 Å². The van der Waals surface area contributed by atoms with E-state index in [0.717, 1.165) is 32.4 Å². The van der Waals surface area contributed by atoms with Gasteiger partial charge in [0.1, 0.15) is 11.9 Å². The molecule has 0 aliphatic carbocycles. The van der Waals surface area contributed by atoms with Crippen molar-refractivity contribution >= 4 is 17.7 Å². The second kappa shape index (κ2) is 8.65. The molecule has 1 saturated heterocycles. The van der Waals surface area contributed by atoms with Crippen LogP contribution in [-0.4, -0.2) is 56.1 Å². The zero-order chi connectivity index (χ0) is 19.3. The predicted molar refractivity (Wildman–Crippen MR) is 97.9 cm³/mol. The number of hydrogen-bond donors (Lipinski definition) is 0. The van der Waals surface area contributed by atoms with Crippen molar-refractivity contribution < 1.29 is 14.3 Å². The van der Waals surface area contributed by atoms with Crippen molar-refractivity contribution in [3.63, 3.8) is 0 Å². The summed E-state index contributed by atoms with van der Waals surface area (Å²) in [6, 6.07) is 3.70. The van der Waals surface area contributed by atoms with Gasteiger partial charge in [-0.1, -0.05) is 0 Å². The van der Waals surface area contributed by atoms with Crippen LogP contribution < -0.4 is 4.90 Å². The Hall–Kier alpha value is -2.62. The molecule has 1 fully saturated rings. The highest BCUT2D eigenvalue weighted by Gasteiger charge is 2.25. The number of aryl methyl sites for hydroxylation is 1. The molecule has 0 radical (unpaired) electrons. The van der Waals surface area contributed by atoms with Gasteiger partial charge in [-0.2, -0.15) is 5.26 Å². The van der Waals surface area contributed by atoms with Crippen molar-refractivity contribution in [1.82, 2.24) is 9.88 Å². The van der Waals surface area contributed by atoms with Gasteiger partial charge in [0.25, 0.3) is 0 Å². The standard InChI is InChI=1S/C19H26N4O3/c1-13-16(19(25)26-4)10-15(11-20)18(21-13)23-9-5-6-14(12-23)7-8-17(24)22(2)3/h10,14H,5-9,12H2,1-4H3/t14-/m1/s1. The van der Waals surface area contributed by atoms with Crippen LogP contribution in [-0.2, 0) is 9.53 Å². The minimum atomic E-state index is -0.489. The number of rotatable bonds is 5. The van der Waals surface area contributed by atoms with Gasteiger partial charge in [0, 0.05) is 33.6 Å². The molecule has 140 valence electrons. The van der Waals surface area contributed by atoms with Gasteiger partial charge < -0.3 is 14.5 Å². The minimum absolute atomic E-state index is 0.135. The van der Waals surface area contributed by atoms with E-state index < -0.39 is 5.97 Å². The molecular weight excluding hydrogens is 332 g/mol. The third-order valence-corrected chi connectivity index (χ3v) is 4.80. The number of anilines is 1. The number of aromatic nitrogens is 1. The largest absolute Gasteiger partial charge is 0.465 e. The lowest BCUT2D eigenvalue weighted by atomic mass is 9.93. The topological polar surface area (TPSA) is 86.5 Å². The van der Waals surface area contributed by atoms with E-state index in [2.05, 4.69) is 16.0 Å². The molecule has 0 N–H and O–H groups in total. The van der Waals surface area contributed by atoms with Crippen molar-refractivity contribution in [3.05, 3.63) is 22.9 Å². The molecule has 2 heterocycles. The van der Waals surface area contributed by atoms with Gasteiger partial charge in [-0.3, -0.25) is 4.79 Å². The number of carbonyl (C=O) groups is 2. The predicted octanol–water partition coefficient (Wildman–Crippen LogP) is 2.13. The molecule has 7 heteroatoms. The third-order valence-electron chi connectivity index (χ3n) is 4.80. The first-order valence-electron chi connectivity index (χ1n) is 8.82. The summed E-state index contributed by atoms with van der Waals surface area (Å²) in [7, 11) is 4.85. The van der Waals surface area contributed by atoms with E-state index in [1.165, 1.54) is 7.11 Å². The van der Waals surface area contributed by atoms with E-state index in [0.29, 0.717) is 35.0 Å². The quantitative estimate of drug-likeness (QED) is 0.750. The number of methoxy groups -OCH3 is 1. The summed E-state index contributed by atoms with van der Waals surface area (Å²) in [5.74, 6) is 0.649. The number of esters is 1. The first-order valence-corrected chi connectivity index (χ1v) is 8.82. The summed E-state index contributed by atoms with van der Waals surface area (Å²) in [6.07, 6.45) is 3.42. The van der Waals surface area contributed by atoms with Crippen molar-refractivity contribution in [3.8, 4) is 6.07 Å². The summed E-state index contributed by atoms with van der Waals surface area (Å²) in [4.78, 5) is 31.9. The fraction of sp³-hybridized carbons (Fsp3) is 0.579. The van der Waals surface area contributed by atoms with E-state index in [9.17, 15) is 14.9 Å². The second-order valence-corrected chi connectivity index (χ2v) is 6.88. The van der Waals surface area contributed by atoms with Gasteiger partial charge in [-0.15, -0.1) is 0 Å². The maximum atomic E-state index is 11.8. The Morgan fingerprint density at radius 3 is 2.81 bits per heavy atom. The Kier molecular flexibility index (Phi) is 6.56. The van der Waals surface area contributed by atoms with Crippen LogP contribution in [0.4, 0.5) is 5.82 Å². The van der Waals surface area contributed by atoms with Gasteiger partial charge in [-0.25, -0.2) is 9.78 Å². The Morgan fingerprint density at radius 1 is 1.46 bits per heavy atom. The molecule has 0 aromatic carbocycles. The van der Waals surface area contributed by atoms with Crippen molar-refractivity contribution in [2.45, 2.75) is 32.6 Å². The Bertz CT molecular complexity index is 724. The van der Waals surface area contributed by atoms with Gasteiger partial charge in [-0.05, 0) is 38.2 Å². The molecule has 0 bridgehead atoms. The number of carbonyl (C=O) groups excluding carboxylic acids is 2. The van der Waals surface area contributed by atoms with Gasteiger partial charge >= 0.3 is 5.97 Å². The highest BCUT2D eigenvalue weighted by Crippen LogP contribution is 2.28. The molecular formula is C19H26N4O3.